The Hall–Kier alpha value is -1.51. The Balaban J connectivity index is 1.74. The lowest BCUT2D eigenvalue weighted by atomic mass is 9.96. The monoisotopic (exact) mass is 465 g/mol. The van der Waals surface area contributed by atoms with Gasteiger partial charge in [0.25, 0.3) is 0 Å². The highest BCUT2D eigenvalue weighted by molar-refractivity contribution is 8.00. The van der Waals surface area contributed by atoms with Gasteiger partial charge >= 0.3 is 5.97 Å². The predicted octanol–water partition coefficient (Wildman–Crippen LogP) is 4.54. The number of hydrogen-bond acceptors (Lipinski definition) is 6. The van der Waals surface area contributed by atoms with E-state index in [0.717, 1.165) is 36.8 Å². The molecule has 4 rings (SSSR count). The molecule has 1 saturated heterocycles. The van der Waals surface area contributed by atoms with E-state index < -0.39 is 32.4 Å². The van der Waals surface area contributed by atoms with Crippen LogP contribution in [0, 0.1) is 0 Å². The molecule has 1 aromatic carbocycles. The summed E-state index contributed by atoms with van der Waals surface area (Å²) >= 11 is 1.59. The van der Waals surface area contributed by atoms with Crippen LogP contribution >= 0.6 is 11.8 Å². The molecule has 0 unspecified atom stereocenters. The van der Waals surface area contributed by atoms with Crippen molar-refractivity contribution in [2.75, 3.05) is 12.3 Å². The van der Waals surface area contributed by atoms with E-state index in [0.29, 0.717) is 11.3 Å². The number of carbonyl (C=O) groups is 1. The van der Waals surface area contributed by atoms with E-state index in [-0.39, 0.29) is 11.4 Å². The number of sulfonamides is 1. The minimum Gasteiger partial charge on any atom is -0.461 e. The number of furan rings is 1. The summed E-state index contributed by atoms with van der Waals surface area (Å²) in [6, 6.07) is 4.20. The number of thioether (sulfide) groups is 1. The van der Waals surface area contributed by atoms with Crippen LogP contribution in [0.3, 0.4) is 0 Å². The van der Waals surface area contributed by atoms with Crippen molar-refractivity contribution in [2.45, 2.75) is 81.6 Å². The van der Waals surface area contributed by atoms with E-state index in [1.54, 1.807) is 44.7 Å². The van der Waals surface area contributed by atoms with E-state index in [4.69, 9.17) is 9.15 Å². The van der Waals surface area contributed by atoms with Gasteiger partial charge in [0.2, 0.25) is 10.0 Å². The van der Waals surface area contributed by atoms with Crippen molar-refractivity contribution in [1.29, 1.82) is 0 Å². The van der Waals surface area contributed by atoms with E-state index in [2.05, 4.69) is 0 Å². The third kappa shape index (κ3) is 4.26. The van der Waals surface area contributed by atoms with E-state index >= 15 is 0 Å². The number of ether oxygens (including phenoxy) is 1. The Labute approximate surface area is 188 Å². The molecule has 0 bridgehead atoms. The van der Waals surface area contributed by atoms with Crippen LogP contribution in [0.15, 0.2) is 27.5 Å². The molecule has 1 aliphatic heterocycles. The molecule has 0 N–H and O–H groups in total. The lowest BCUT2D eigenvalue weighted by molar-refractivity contribution is -0.160. The molecule has 8 heteroatoms. The highest BCUT2D eigenvalue weighted by Crippen LogP contribution is 2.40. The molecule has 0 radical (unpaired) electrons. The van der Waals surface area contributed by atoms with E-state index in [9.17, 15) is 13.2 Å². The topological polar surface area (TPSA) is 76.8 Å². The molecule has 1 aliphatic carbocycles. The molecule has 1 aromatic heterocycles. The molecule has 0 amide bonds. The molecular formula is C23H31NO5S2. The van der Waals surface area contributed by atoms with Gasteiger partial charge in [-0.3, -0.25) is 4.79 Å². The van der Waals surface area contributed by atoms with Gasteiger partial charge in [0.1, 0.15) is 23.0 Å². The summed E-state index contributed by atoms with van der Waals surface area (Å²) in [7, 11) is -3.92. The number of aryl methyl sites for hydroxylation is 2. The summed E-state index contributed by atoms with van der Waals surface area (Å²) in [5.41, 5.74) is 1.11. The third-order valence-corrected chi connectivity index (χ3v) is 9.11. The zero-order valence-electron chi connectivity index (χ0n) is 18.9. The quantitative estimate of drug-likeness (QED) is 0.620. The van der Waals surface area contributed by atoms with Crippen molar-refractivity contribution in [3.8, 4) is 0 Å². The van der Waals surface area contributed by atoms with Crippen molar-refractivity contribution < 1.29 is 22.4 Å². The molecule has 2 aliphatic rings. The molecule has 170 valence electrons. The standard InChI is InChI=1S/C23H31NO5S2/c1-22(2,3)29-21(25)20-23(4,5)30-13-12-24(20)31(26,27)15-10-11-17-16-8-6-7-9-18(16)28-19(17)14-15/h10-11,14,20H,6-9,12-13H2,1-5H3/t20-/m0/s1. The summed E-state index contributed by atoms with van der Waals surface area (Å²) < 4.78 is 39.8. The van der Waals surface area contributed by atoms with Crippen LogP contribution < -0.4 is 0 Å². The van der Waals surface area contributed by atoms with Gasteiger partial charge in [-0.25, -0.2) is 8.42 Å². The van der Waals surface area contributed by atoms with E-state index in [1.165, 1.54) is 9.87 Å². The molecule has 2 aromatic rings. The third-order valence-electron chi connectivity index (χ3n) is 5.90. The van der Waals surface area contributed by atoms with Crippen molar-refractivity contribution in [3.63, 3.8) is 0 Å². The first-order chi connectivity index (χ1) is 14.4. The number of fused-ring (bicyclic) bond motifs is 3. The maximum absolute atomic E-state index is 13.7. The number of carbonyl (C=O) groups excluding carboxylic acids is 1. The zero-order chi connectivity index (χ0) is 22.6. The van der Waals surface area contributed by atoms with Gasteiger partial charge in [-0.05, 0) is 66.0 Å². The lowest BCUT2D eigenvalue weighted by Gasteiger charge is -2.44. The molecule has 6 nitrogen and oxygen atoms in total. The fraction of sp³-hybridized carbons (Fsp3) is 0.609. The van der Waals surface area contributed by atoms with Crippen LogP contribution in [-0.4, -0.2) is 47.4 Å². The first kappa shape index (κ1) is 22.7. The largest absolute Gasteiger partial charge is 0.461 e. The minimum absolute atomic E-state index is 0.155. The maximum Gasteiger partial charge on any atom is 0.326 e. The molecule has 2 heterocycles. The van der Waals surface area contributed by atoms with Crippen molar-refractivity contribution in [2.24, 2.45) is 0 Å². The summed E-state index contributed by atoms with van der Waals surface area (Å²) in [6.07, 6.45) is 4.08. The van der Waals surface area contributed by atoms with Crippen LogP contribution in [-0.2, 0) is 32.4 Å². The van der Waals surface area contributed by atoms with Gasteiger partial charge < -0.3 is 9.15 Å². The Kier molecular flexibility index (Phi) is 5.72. The van der Waals surface area contributed by atoms with Gasteiger partial charge in [-0.1, -0.05) is 0 Å². The second-order valence-electron chi connectivity index (χ2n) is 9.87. The first-order valence-corrected chi connectivity index (χ1v) is 13.3. The van der Waals surface area contributed by atoms with Crippen LogP contribution in [0.1, 0.15) is 58.8 Å². The average molecular weight is 466 g/mol. The van der Waals surface area contributed by atoms with Gasteiger partial charge in [-0.15, -0.1) is 0 Å². The fourth-order valence-electron chi connectivity index (χ4n) is 4.51. The van der Waals surface area contributed by atoms with Gasteiger partial charge in [-0.2, -0.15) is 16.1 Å². The number of rotatable bonds is 3. The van der Waals surface area contributed by atoms with Crippen LogP contribution in [0.5, 0.6) is 0 Å². The summed E-state index contributed by atoms with van der Waals surface area (Å²) in [5, 5.41) is 0.992. The van der Waals surface area contributed by atoms with Gasteiger partial charge in [0.05, 0.1) is 4.90 Å². The number of benzene rings is 1. The zero-order valence-corrected chi connectivity index (χ0v) is 20.5. The first-order valence-electron chi connectivity index (χ1n) is 10.8. The number of nitrogens with zero attached hydrogens (tertiary/aromatic N) is 1. The van der Waals surface area contributed by atoms with Crippen molar-refractivity contribution >= 4 is 38.7 Å². The van der Waals surface area contributed by atoms with E-state index in [1.807, 2.05) is 19.9 Å². The predicted molar refractivity (Wildman–Crippen MR) is 123 cm³/mol. The normalized spacial score (nSPS) is 22.3. The SMILES string of the molecule is CC(C)(C)OC(=O)[C@@H]1N(S(=O)(=O)c2ccc3c4c(oc3c2)CCCC4)CCSC1(C)C. The highest BCUT2D eigenvalue weighted by atomic mass is 32.2. The van der Waals surface area contributed by atoms with Crippen LogP contribution in [0.25, 0.3) is 11.0 Å². The minimum atomic E-state index is -3.92. The lowest BCUT2D eigenvalue weighted by Crippen LogP contribution is -2.59. The second kappa shape index (κ2) is 7.81. The Bertz CT molecular complexity index is 1110. The smallest absolute Gasteiger partial charge is 0.326 e. The van der Waals surface area contributed by atoms with Gasteiger partial charge in [0, 0.05) is 40.5 Å². The molecule has 0 spiro atoms. The average Bonchev–Trinajstić information content (AvgIpc) is 3.03. The summed E-state index contributed by atoms with van der Waals surface area (Å²) in [4.78, 5) is 13.3. The second-order valence-corrected chi connectivity index (χ2v) is 13.5. The maximum atomic E-state index is 13.7. The van der Waals surface area contributed by atoms with Crippen LogP contribution in [0.4, 0.5) is 0 Å². The van der Waals surface area contributed by atoms with Crippen molar-refractivity contribution in [1.82, 2.24) is 4.31 Å². The van der Waals surface area contributed by atoms with Crippen LogP contribution in [0.2, 0.25) is 0 Å². The molecular weight excluding hydrogens is 434 g/mol. The Morgan fingerprint density at radius 1 is 1.23 bits per heavy atom. The molecule has 1 atom stereocenters. The molecule has 31 heavy (non-hydrogen) atoms. The highest BCUT2D eigenvalue weighted by Gasteiger charge is 2.50. The van der Waals surface area contributed by atoms with Gasteiger partial charge in [0.15, 0.2) is 0 Å². The number of hydrogen-bond donors (Lipinski definition) is 0. The summed E-state index contributed by atoms with van der Waals surface area (Å²) in [6.45, 7) is 9.43. The molecule has 0 saturated carbocycles. The Morgan fingerprint density at radius 2 is 1.94 bits per heavy atom. The fourth-order valence-corrected chi connectivity index (χ4v) is 7.61. The number of esters is 1. The molecule has 1 fully saturated rings. The van der Waals surface area contributed by atoms with Crippen molar-refractivity contribution in [3.05, 3.63) is 29.5 Å². The Morgan fingerprint density at radius 3 is 2.65 bits per heavy atom. The summed E-state index contributed by atoms with van der Waals surface area (Å²) in [5.74, 6) is 1.07.